The summed E-state index contributed by atoms with van der Waals surface area (Å²) in [6, 6.07) is 0.165. The Balaban J connectivity index is 2.20. The van der Waals surface area contributed by atoms with Crippen molar-refractivity contribution in [3.63, 3.8) is 0 Å². The summed E-state index contributed by atoms with van der Waals surface area (Å²) >= 11 is 0. The minimum atomic E-state index is -1.13. The molecule has 2 rings (SSSR count). The number of ether oxygens (including phenoxy) is 1. The Bertz CT molecular complexity index is 512. The first kappa shape index (κ1) is 13.4. The van der Waals surface area contributed by atoms with Crippen molar-refractivity contribution in [2.45, 2.75) is 45.3 Å². The molecule has 19 heavy (non-hydrogen) atoms. The van der Waals surface area contributed by atoms with E-state index in [1.54, 1.807) is 20.8 Å². The smallest absolute Gasteiger partial charge is 0.413 e. The highest BCUT2D eigenvalue weighted by atomic mass is 16.6. The molecule has 1 aliphatic rings. The Kier molecular flexibility index (Phi) is 3.21. The minimum Gasteiger partial charge on any atom is -0.477 e. The highest BCUT2D eigenvalue weighted by Gasteiger charge is 2.31. The Morgan fingerprint density at radius 2 is 2.11 bits per heavy atom. The minimum absolute atomic E-state index is 0.0299. The highest BCUT2D eigenvalue weighted by molar-refractivity contribution is 5.97. The number of aromatic nitrogens is 2. The highest BCUT2D eigenvalue weighted by Crippen LogP contribution is 2.37. The fraction of sp³-hybridized carbons (Fsp3) is 0.583. The zero-order valence-corrected chi connectivity index (χ0v) is 11.1. The molecule has 1 aromatic heterocycles. The molecule has 104 valence electrons. The maximum atomic E-state index is 11.7. The average molecular weight is 267 g/mol. The van der Waals surface area contributed by atoms with Crippen LogP contribution in [-0.2, 0) is 4.74 Å². The van der Waals surface area contributed by atoms with Gasteiger partial charge < -0.3 is 9.84 Å². The van der Waals surface area contributed by atoms with Crippen LogP contribution in [0.25, 0.3) is 0 Å². The van der Waals surface area contributed by atoms with E-state index in [0.717, 1.165) is 12.8 Å². The van der Waals surface area contributed by atoms with Gasteiger partial charge >= 0.3 is 12.1 Å². The van der Waals surface area contributed by atoms with Gasteiger partial charge in [-0.3, -0.25) is 5.32 Å². The van der Waals surface area contributed by atoms with Gasteiger partial charge in [0.2, 0.25) is 0 Å². The fourth-order valence-corrected chi connectivity index (χ4v) is 1.64. The van der Waals surface area contributed by atoms with Crippen molar-refractivity contribution in [2.75, 3.05) is 5.32 Å². The molecular weight excluding hydrogens is 250 g/mol. The fourth-order valence-electron chi connectivity index (χ4n) is 1.64. The van der Waals surface area contributed by atoms with Crippen molar-refractivity contribution in [3.8, 4) is 0 Å². The van der Waals surface area contributed by atoms with E-state index in [-0.39, 0.29) is 17.4 Å². The van der Waals surface area contributed by atoms with Crippen LogP contribution in [-0.4, -0.2) is 32.6 Å². The topological polar surface area (TPSA) is 93.4 Å². The zero-order chi connectivity index (χ0) is 14.2. The number of nitrogens with one attached hydrogen (secondary N) is 1. The number of amides is 1. The molecule has 1 fully saturated rings. The van der Waals surface area contributed by atoms with E-state index in [1.807, 2.05) is 0 Å². The largest absolute Gasteiger partial charge is 0.477 e. The second kappa shape index (κ2) is 4.56. The van der Waals surface area contributed by atoms with Crippen LogP contribution >= 0.6 is 0 Å². The standard InChI is InChI=1S/C12H17N3O4/c1-12(2,3)19-11(18)14-9-8(10(16)17)6-13-15(9)7-4-5-7/h6-7H,4-5H2,1-3H3,(H,14,18)(H,16,17). The molecule has 7 heteroatoms. The van der Waals surface area contributed by atoms with Crippen LogP contribution < -0.4 is 5.32 Å². The van der Waals surface area contributed by atoms with Crippen molar-refractivity contribution in [2.24, 2.45) is 0 Å². The summed E-state index contributed by atoms with van der Waals surface area (Å²) in [6.07, 6.45) is 2.43. The van der Waals surface area contributed by atoms with Crippen LogP contribution in [0.4, 0.5) is 10.6 Å². The molecule has 0 aliphatic heterocycles. The third kappa shape index (κ3) is 3.24. The monoisotopic (exact) mass is 267 g/mol. The molecule has 1 heterocycles. The van der Waals surface area contributed by atoms with Crippen LogP contribution in [0.3, 0.4) is 0 Å². The summed E-state index contributed by atoms with van der Waals surface area (Å²) in [5, 5.41) is 15.6. The second-order valence-corrected chi connectivity index (χ2v) is 5.51. The van der Waals surface area contributed by atoms with Crippen molar-refractivity contribution in [3.05, 3.63) is 11.8 Å². The number of aromatic carboxylic acids is 1. The van der Waals surface area contributed by atoms with Gasteiger partial charge in [0.15, 0.2) is 0 Å². The second-order valence-electron chi connectivity index (χ2n) is 5.51. The van der Waals surface area contributed by atoms with Crippen LogP contribution in [0.1, 0.15) is 50.0 Å². The molecule has 2 N–H and O–H groups in total. The summed E-state index contributed by atoms with van der Waals surface area (Å²) in [6.45, 7) is 5.22. The summed E-state index contributed by atoms with van der Waals surface area (Å²) < 4.78 is 6.65. The molecule has 0 saturated heterocycles. The molecule has 1 aliphatic carbocycles. The van der Waals surface area contributed by atoms with Crippen molar-refractivity contribution >= 4 is 17.9 Å². The van der Waals surface area contributed by atoms with Crippen molar-refractivity contribution < 1.29 is 19.4 Å². The number of carbonyl (C=O) groups excluding carboxylic acids is 1. The number of carboxylic acid groups (broad SMARTS) is 1. The summed E-state index contributed by atoms with van der Waals surface area (Å²) in [7, 11) is 0. The predicted molar refractivity (Wildman–Crippen MR) is 67.3 cm³/mol. The van der Waals surface area contributed by atoms with Crippen LogP contribution in [0.2, 0.25) is 0 Å². The summed E-state index contributed by atoms with van der Waals surface area (Å²) in [4.78, 5) is 22.8. The first-order valence-corrected chi connectivity index (χ1v) is 6.09. The van der Waals surface area contributed by atoms with E-state index in [2.05, 4.69) is 10.4 Å². The Labute approximate surface area is 110 Å². The first-order valence-electron chi connectivity index (χ1n) is 6.09. The lowest BCUT2D eigenvalue weighted by Crippen LogP contribution is -2.28. The van der Waals surface area contributed by atoms with Gasteiger partial charge in [0.1, 0.15) is 17.0 Å². The maximum Gasteiger partial charge on any atom is 0.413 e. The van der Waals surface area contributed by atoms with Crippen LogP contribution in [0, 0.1) is 0 Å². The molecule has 0 atom stereocenters. The molecule has 7 nitrogen and oxygen atoms in total. The third-order valence-corrected chi connectivity index (χ3v) is 2.54. The van der Waals surface area contributed by atoms with Gasteiger partial charge in [-0.15, -0.1) is 0 Å². The normalized spacial score (nSPS) is 15.1. The van der Waals surface area contributed by atoms with E-state index < -0.39 is 17.7 Å². The lowest BCUT2D eigenvalue weighted by atomic mass is 10.2. The Hall–Kier alpha value is -2.05. The lowest BCUT2D eigenvalue weighted by Gasteiger charge is -2.20. The number of hydrogen-bond acceptors (Lipinski definition) is 4. The van der Waals surface area contributed by atoms with E-state index in [0.29, 0.717) is 0 Å². The summed E-state index contributed by atoms with van der Waals surface area (Å²) in [5.74, 6) is -0.942. The first-order chi connectivity index (χ1) is 8.78. The number of anilines is 1. The molecule has 1 amide bonds. The molecule has 0 unspecified atom stereocenters. The number of carbonyl (C=O) groups is 2. The lowest BCUT2D eigenvalue weighted by molar-refractivity contribution is 0.0634. The third-order valence-electron chi connectivity index (χ3n) is 2.54. The van der Waals surface area contributed by atoms with Gasteiger partial charge in [0.05, 0.1) is 12.2 Å². The van der Waals surface area contributed by atoms with Gasteiger partial charge in [-0.05, 0) is 33.6 Å². The quantitative estimate of drug-likeness (QED) is 0.876. The number of nitrogens with zero attached hydrogens (tertiary/aromatic N) is 2. The van der Waals surface area contributed by atoms with Gasteiger partial charge in [-0.2, -0.15) is 5.10 Å². The van der Waals surface area contributed by atoms with E-state index in [4.69, 9.17) is 9.84 Å². The van der Waals surface area contributed by atoms with Crippen LogP contribution in [0.5, 0.6) is 0 Å². The molecular formula is C12H17N3O4. The molecule has 0 bridgehead atoms. The van der Waals surface area contributed by atoms with E-state index >= 15 is 0 Å². The molecule has 1 aromatic rings. The molecule has 0 spiro atoms. The van der Waals surface area contributed by atoms with Crippen molar-refractivity contribution in [1.82, 2.24) is 9.78 Å². The SMILES string of the molecule is CC(C)(C)OC(=O)Nc1c(C(=O)O)cnn1C1CC1. The number of rotatable bonds is 3. The van der Waals surface area contributed by atoms with Gasteiger partial charge in [0.25, 0.3) is 0 Å². The molecule has 0 aromatic carbocycles. The van der Waals surface area contributed by atoms with Crippen molar-refractivity contribution in [1.29, 1.82) is 0 Å². The maximum absolute atomic E-state index is 11.7. The number of carboxylic acids is 1. The van der Waals surface area contributed by atoms with E-state index in [1.165, 1.54) is 10.9 Å². The predicted octanol–water partition coefficient (Wildman–Crippen LogP) is 2.26. The van der Waals surface area contributed by atoms with E-state index in [9.17, 15) is 9.59 Å². The van der Waals surface area contributed by atoms with Gasteiger partial charge in [-0.25, -0.2) is 14.3 Å². The van der Waals surface area contributed by atoms with Gasteiger partial charge in [-0.1, -0.05) is 0 Å². The Morgan fingerprint density at radius 3 is 2.58 bits per heavy atom. The Morgan fingerprint density at radius 1 is 1.47 bits per heavy atom. The average Bonchev–Trinajstić information content (AvgIpc) is 2.98. The number of hydrogen-bond donors (Lipinski definition) is 2. The molecule has 0 radical (unpaired) electrons. The van der Waals surface area contributed by atoms with Crippen LogP contribution in [0.15, 0.2) is 6.20 Å². The van der Waals surface area contributed by atoms with Gasteiger partial charge in [0, 0.05) is 0 Å². The summed E-state index contributed by atoms with van der Waals surface area (Å²) in [5.41, 5.74) is -0.671. The molecule has 1 saturated carbocycles. The zero-order valence-electron chi connectivity index (χ0n) is 11.1.